The summed E-state index contributed by atoms with van der Waals surface area (Å²) in [6, 6.07) is 11.4. The van der Waals surface area contributed by atoms with Gasteiger partial charge in [-0.1, -0.05) is 18.2 Å². The van der Waals surface area contributed by atoms with Crippen LogP contribution in [0.3, 0.4) is 0 Å². The maximum absolute atomic E-state index is 14.6. The lowest BCUT2D eigenvalue weighted by molar-refractivity contribution is 0.589. The average molecular weight is 322 g/mol. The van der Waals surface area contributed by atoms with Gasteiger partial charge in [0.25, 0.3) is 0 Å². The zero-order chi connectivity index (χ0) is 17.5. The van der Waals surface area contributed by atoms with Crippen LogP contribution in [0.25, 0.3) is 5.57 Å². The van der Waals surface area contributed by atoms with Crippen LogP contribution >= 0.6 is 0 Å². The van der Waals surface area contributed by atoms with Crippen LogP contribution in [0.2, 0.25) is 0 Å². The smallest absolute Gasteiger partial charge is 0.134 e. The van der Waals surface area contributed by atoms with Gasteiger partial charge in [0.1, 0.15) is 5.82 Å². The fourth-order valence-electron chi connectivity index (χ4n) is 3.14. The minimum atomic E-state index is -0.248. The van der Waals surface area contributed by atoms with Crippen molar-refractivity contribution in [2.45, 2.75) is 33.2 Å². The van der Waals surface area contributed by atoms with Crippen molar-refractivity contribution in [2.75, 3.05) is 11.9 Å². The zero-order valence-corrected chi connectivity index (χ0v) is 14.9. The number of likely N-dealkylation sites (N-methyl/N-ethyl adjacent to an activating group) is 1. The summed E-state index contributed by atoms with van der Waals surface area (Å²) in [6.07, 6.45) is 3.83. The summed E-state index contributed by atoms with van der Waals surface area (Å²) in [5.74, 6) is -0.248. The van der Waals surface area contributed by atoms with Gasteiger partial charge in [0.15, 0.2) is 0 Å². The molecule has 1 aliphatic heterocycles. The van der Waals surface area contributed by atoms with E-state index in [1.807, 2.05) is 44.3 Å². The molecule has 1 aliphatic rings. The number of halogens is 1. The Balaban J connectivity index is 2.02. The monoisotopic (exact) mass is 322 g/mol. The van der Waals surface area contributed by atoms with Crippen LogP contribution < -0.4 is 4.90 Å². The standard InChI is InChI=1S/C21H23FN2/c1-14-7-6-8-17(9-14)23-13-16-10-18-15(2)12-21(3,4)24(5)20(18)11-19(16)22/h6-13H,1-5H3. The Morgan fingerprint density at radius 3 is 2.58 bits per heavy atom. The summed E-state index contributed by atoms with van der Waals surface area (Å²) in [5.41, 5.74) is 5.50. The first kappa shape index (κ1) is 16.4. The van der Waals surface area contributed by atoms with Gasteiger partial charge in [0, 0.05) is 30.1 Å². The van der Waals surface area contributed by atoms with Crippen molar-refractivity contribution in [3.05, 3.63) is 65.0 Å². The molecule has 0 N–H and O–H groups in total. The van der Waals surface area contributed by atoms with Gasteiger partial charge >= 0.3 is 0 Å². The van der Waals surface area contributed by atoms with Gasteiger partial charge in [-0.05, 0) is 63.1 Å². The lowest BCUT2D eigenvalue weighted by Gasteiger charge is -2.40. The molecule has 0 atom stereocenters. The molecule has 124 valence electrons. The van der Waals surface area contributed by atoms with Crippen molar-refractivity contribution in [3.8, 4) is 0 Å². The number of nitrogens with zero attached hydrogens (tertiary/aromatic N) is 2. The highest BCUT2D eigenvalue weighted by Gasteiger charge is 2.29. The molecular formula is C21H23FN2. The van der Waals surface area contributed by atoms with Gasteiger partial charge in [-0.3, -0.25) is 4.99 Å². The van der Waals surface area contributed by atoms with Gasteiger partial charge in [-0.15, -0.1) is 0 Å². The predicted molar refractivity (Wildman–Crippen MR) is 101 cm³/mol. The lowest BCUT2D eigenvalue weighted by Crippen LogP contribution is -2.42. The van der Waals surface area contributed by atoms with Crippen LogP contribution in [-0.2, 0) is 0 Å². The number of rotatable bonds is 2. The summed E-state index contributed by atoms with van der Waals surface area (Å²) in [4.78, 5) is 6.53. The third kappa shape index (κ3) is 2.99. The Kier molecular flexibility index (Phi) is 4.04. The first-order valence-corrected chi connectivity index (χ1v) is 8.16. The second kappa shape index (κ2) is 5.90. The summed E-state index contributed by atoms with van der Waals surface area (Å²) >= 11 is 0. The van der Waals surface area contributed by atoms with E-state index >= 15 is 0 Å². The summed E-state index contributed by atoms with van der Waals surface area (Å²) in [6.45, 7) is 8.35. The number of allylic oxidation sites excluding steroid dienone is 1. The average Bonchev–Trinajstić information content (AvgIpc) is 2.51. The van der Waals surface area contributed by atoms with E-state index in [1.54, 1.807) is 12.3 Å². The number of hydrogen-bond donors (Lipinski definition) is 0. The largest absolute Gasteiger partial charge is 0.365 e. The first-order valence-electron chi connectivity index (χ1n) is 8.16. The van der Waals surface area contributed by atoms with E-state index in [0.717, 1.165) is 22.5 Å². The highest BCUT2D eigenvalue weighted by Crippen LogP contribution is 2.38. The molecule has 0 aliphatic carbocycles. The Hall–Kier alpha value is -2.42. The van der Waals surface area contributed by atoms with E-state index in [1.165, 1.54) is 5.57 Å². The third-order valence-corrected chi connectivity index (χ3v) is 4.69. The molecule has 1 heterocycles. The van der Waals surface area contributed by atoms with E-state index in [9.17, 15) is 4.39 Å². The normalized spacial score (nSPS) is 16.2. The molecule has 0 radical (unpaired) electrons. The van der Waals surface area contributed by atoms with E-state index in [-0.39, 0.29) is 11.4 Å². The van der Waals surface area contributed by atoms with E-state index < -0.39 is 0 Å². The highest BCUT2D eigenvalue weighted by atomic mass is 19.1. The Bertz CT molecular complexity index is 847. The number of aryl methyl sites for hydroxylation is 1. The minimum absolute atomic E-state index is 0.124. The number of benzene rings is 2. The maximum atomic E-state index is 14.6. The van der Waals surface area contributed by atoms with Crippen LogP contribution in [0.5, 0.6) is 0 Å². The van der Waals surface area contributed by atoms with Gasteiger partial charge in [-0.25, -0.2) is 4.39 Å². The van der Waals surface area contributed by atoms with Crippen LogP contribution in [-0.4, -0.2) is 18.8 Å². The fourth-order valence-corrected chi connectivity index (χ4v) is 3.14. The van der Waals surface area contributed by atoms with Crippen LogP contribution in [0.15, 0.2) is 47.5 Å². The molecular weight excluding hydrogens is 299 g/mol. The highest BCUT2D eigenvalue weighted by molar-refractivity contribution is 5.89. The third-order valence-electron chi connectivity index (χ3n) is 4.69. The van der Waals surface area contributed by atoms with Gasteiger partial charge in [0.2, 0.25) is 0 Å². The quantitative estimate of drug-likeness (QED) is 0.665. The Morgan fingerprint density at radius 1 is 1.12 bits per heavy atom. The Labute approximate surface area is 143 Å². The molecule has 24 heavy (non-hydrogen) atoms. The summed E-state index contributed by atoms with van der Waals surface area (Å²) < 4.78 is 14.6. The SMILES string of the molecule is CC1=CC(C)(C)N(C)c2cc(F)c(C=Nc3cccc(C)c3)cc21. The molecule has 2 aromatic carbocycles. The molecule has 0 bridgehead atoms. The van der Waals surface area contributed by atoms with Gasteiger partial charge in [0.05, 0.1) is 11.2 Å². The van der Waals surface area contributed by atoms with Crippen LogP contribution in [0.4, 0.5) is 15.8 Å². The van der Waals surface area contributed by atoms with E-state index in [0.29, 0.717) is 5.56 Å². The molecule has 0 spiro atoms. The molecule has 0 saturated heterocycles. The molecule has 0 fully saturated rings. The predicted octanol–water partition coefficient (Wildman–Crippen LogP) is 5.52. The van der Waals surface area contributed by atoms with Crippen molar-refractivity contribution >= 4 is 23.2 Å². The van der Waals surface area contributed by atoms with E-state index in [4.69, 9.17) is 0 Å². The molecule has 3 heteroatoms. The zero-order valence-electron chi connectivity index (χ0n) is 14.9. The second-order valence-corrected chi connectivity index (χ2v) is 7.03. The van der Waals surface area contributed by atoms with Crippen molar-refractivity contribution < 1.29 is 4.39 Å². The number of fused-ring (bicyclic) bond motifs is 1. The molecule has 0 aromatic heterocycles. The molecule has 0 unspecified atom stereocenters. The molecule has 2 aromatic rings. The van der Waals surface area contributed by atoms with Crippen molar-refractivity contribution in [2.24, 2.45) is 4.99 Å². The van der Waals surface area contributed by atoms with Crippen molar-refractivity contribution in [3.63, 3.8) is 0 Å². The van der Waals surface area contributed by atoms with Crippen molar-refractivity contribution in [1.82, 2.24) is 0 Å². The number of anilines is 1. The fraction of sp³-hybridized carbons (Fsp3) is 0.286. The summed E-state index contributed by atoms with van der Waals surface area (Å²) in [7, 11) is 2.00. The Morgan fingerprint density at radius 2 is 1.88 bits per heavy atom. The maximum Gasteiger partial charge on any atom is 0.134 e. The van der Waals surface area contributed by atoms with E-state index in [2.05, 4.69) is 36.7 Å². The summed E-state index contributed by atoms with van der Waals surface area (Å²) in [5, 5.41) is 0. The van der Waals surface area contributed by atoms with Crippen molar-refractivity contribution in [1.29, 1.82) is 0 Å². The second-order valence-electron chi connectivity index (χ2n) is 7.03. The minimum Gasteiger partial charge on any atom is -0.365 e. The van der Waals surface area contributed by atoms with Crippen LogP contribution in [0.1, 0.15) is 37.5 Å². The molecule has 0 saturated carbocycles. The number of aliphatic imine (C=N–C) groups is 1. The lowest BCUT2D eigenvalue weighted by atomic mass is 9.88. The van der Waals surface area contributed by atoms with Gasteiger partial charge < -0.3 is 4.90 Å². The van der Waals surface area contributed by atoms with Gasteiger partial charge in [-0.2, -0.15) is 0 Å². The molecule has 0 amide bonds. The topological polar surface area (TPSA) is 15.6 Å². The van der Waals surface area contributed by atoms with Crippen LogP contribution in [0, 0.1) is 12.7 Å². The molecule has 3 rings (SSSR count). The number of hydrogen-bond acceptors (Lipinski definition) is 2. The first-order chi connectivity index (χ1) is 11.3. The molecule has 2 nitrogen and oxygen atoms in total.